The van der Waals surface area contributed by atoms with Crippen molar-refractivity contribution < 1.29 is 9.18 Å². The van der Waals surface area contributed by atoms with Crippen LogP contribution < -0.4 is 5.73 Å². The summed E-state index contributed by atoms with van der Waals surface area (Å²) in [6.07, 6.45) is 1.68. The fourth-order valence-electron chi connectivity index (χ4n) is 2.07. The quantitative estimate of drug-likeness (QED) is 0.862. The molecule has 0 heterocycles. The third kappa shape index (κ3) is 3.09. The molecule has 0 unspecified atom stereocenters. The molecule has 2 nitrogen and oxygen atoms in total. The molecule has 0 amide bonds. The van der Waals surface area contributed by atoms with Crippen molar-refractivity contribution in [1.82, 2.24) is 0 Å². The van der Waals surface area contributed by atoms with Gasteiger partial charge in [0.15, 0.2) is 0 Å². The third-order valence-corrected chi connectivity index (χ3v) is 3.97. The van der Waals surface area contributed by atoms with Crippen LogP contribution in [0.3, 0.4) is 0 Å². The van der Waals surface area contributed by atoms with Crippen LogP contribution in [0.1, 0.15) is 32.3 Å². The molecule has 100 valence electrons. The van der Waals surface area contributed by atoms with Crippen LogP contribution in [-0.4, -0.2) is 12.3 Å². The van der Waals surface area contributed by atoms with Gasteiger partial charge >= 0.3 is 0 Å². The lowest BCUT2D eigenvalue weighted by molar-refractivity contribution is -0.128. The van der Waals surface area contributed by atoms with Gasteiger partial charge in [-0.15, -0.1) is 0 Å². The van der Waals surface area contributed by atoms with Crippen LogP contribution in [0.4, 0.5) is 4.39 Å². The monoisotopic (exact) mass is 271 g/mol. The van der Waals surface area contributed by atoms with E-state index in [4.69, 9.17) is 17.3 Å². The lowest BCUT2D eigenvalue weighted by Crippen LogP contribution is -2.38. The highest BCUT2D eigenvalue weighted by Gasteiger charge is 2.32. The first-order valence-electron chi connectivity index (χ1n) is 6.16. The molecule has 4 heteroatoms. The Balaban J connectivity index is 2.89. The molecule has 1 aromatic rings. The molecule has 0 radical (unpaired) electrons. The maximum atomic E-state index is 13.0. The van der Waals surface area contributed by atoms with Gasteiger partial charge in [-0.05, 0) is 30.5 Å². The number of halogens is 2. The molecular weight excluding hydrogens is 253 g/mol. The molecule has 0 saturated carbocycles. The molecule has 1 rings (SSSR count). The molecular formula is C14H19ClFNO. The Kier molecular flexibility index (Phi) is 5.29. The maximum absolute atomic E-state index is 13.0. The van der Waals surface area contributed by atoms with Gasteiger partial charge in [-0.1, -0.05) is 31.5 Å². The van der Waals surface area contributed by atoms with Gasteiger partial charge < -0.3 is 5.73 Å². The van der Waals surface area contributed by atoms with Crippen LogP contribution in [0, 0.1) is 11.2 Å². The Morgan fingerprint density at radius 3 is 2.44 bits per heavy atom. The van der Waals surface area contributed by atoms with Crippen LogP contribution >= 0.6 is 11.6 Å². The first-order valence-corrected chi connectivity index (χ1v) is 6.54. The number of carbonyl (C=O) groups excluding carboxylic acids is 1. The van der Waals surface area contributed by atoms with Crippen molar-refractivity contribution in [1.29, 1.82) is 0 Å². The molecule has 0 aromatic heterocycles. The fourth-order valence-corrected chi connectivity index (χ4v) is 2.27. The van der Waals surface area contributed by atoms with Crippen molar-refractivity contribution in [2.75, 3.05) is 6.54 Å². The van der Waals surface area contributed by atoms with E-state index in [1.165, 1.54) is 12.1 Å². The zero-order valence-corrected chi connectivity index (χ0v) is 11.6. The molecule has 0 saturated heterocycles. The number of carbonyl (C=O) groups is 1. The Bertz CT molecular complexity index is 422. The number of rotatable bonds is 6. The Labute approximate surface area is 112 Å². The molecule has 0 atom stereocenters. The van der Waals surface area contributed by atoms with Gasteiger partial charge in [0, 0.05) is 18.4 Å². The summed E-state index contributed by atoms with van der Waals surface area (Å²) in [5, 5.41) is 0.0478. The van der Waals surface area contributed by atoms with Gasteiger partial charge in [0.2, 0.25) is 0 Å². The smallest absolute Gasteiger partial charge is 0.144 e. The minimum atomic E-state index is -0.471. The molecule has 0 aliphatic heterocycles. The van der Waals surface area contributed by atoms with Gasteiger partial charge in [0.25, 0.3) is 0 Å². The van der Waals surface area contributed by atoms with Gasteiger partial charge in [-0.25, -0.2) is 4.39 Å². The molecule has 0 spiro atoms. The standard InChI is InChI=1S/C14H19ClFNO/c1-3-14(4-2,9-17)13(18)8-10-5-6-12(16)11(15)7-10/h5-7H,3-4,8-9,17H2,1-2H3. The van der Waals surface area contributed by atoms with E-state index >= 15 is 0 Å². The average Bonchev–Trinajstić information content (AvgIpc) is 2.37. The van der Waals surface area contributed by atoms with E-state index in [0.29, 0.717) is 19.4 Å². The summed E-state index contributed by atoms with van der Waals surface area (Å²) in [5.74, 6) is -0.374. The van der Waals surface area contributed by atoms with E-state index in [2.05, 4.69) is 0 Å². The molecule has 1 aromatic carbocycles. The molecule has 0 bridgehead atoms. The molecule has 0 aliphatic carbocycles. The van der Waals surface area contributed by atoms with Crippen molar-refractivity contribution in [3.63, 3.8) is 0 Å². The van der Waals surface area contributed by atoms with E-state index < -0.39 is 11.2 Å². The highest BCUT2D eigenvalue weighted by atomic mass is 35.5. The van der Waals surface area contributed by atoms with Crippen LogP contribution in [-0.2, 0) is 11.2 Å². The van der Waals surface area contributed by atoms with E-state index in [1.54, 1.807) is 6.07 Å². The van der Waals surface area contributed by atoms with Crippen LogP contribution in [0.5, 0.6) is 0 Å². The average molecular weight is 272 g/mol. The predicted molar refractivity (Wildman–Crippen MR) is 72.2 cm³/mol. The number of nitrogens with two attached hydrogens (primary N) is 1. The SMILES string of the molecule is CCC(CC)(CN)C(=O)Cc1ccc(F)c(Cl)c1. The van der Waals surface area contributed by atoms with Crippen LogP contribution in [0.15, 0.2) is 18.2 Å². The summed E-state index contributed by atoms with van der Waals surface area (Å²) < 4.78 is 13.0. The van der Waals surface area contributed by atoms with E-state index in [9.17, 15) is 9.18 Å². The number of benzene rings is 1. The second-order valence-electron chi connectivity index (χ2n) is 4.54. The largest absolute Gasteiger partial charge is 0.329 e. The second kappa shape index (κ2) is 6.30. The van der Waals surface area contributed by atoms with Gasteiger partial charge in [0.05, 0.1) is 5.02 Å². The van der Waals surface area contributed by atoms with Gasteiger partial charge in [-0.2, -0.15) is 0 Å². The van der Waals surface area contributed by atoms with E-state index in [0.717, 1.165) is 5.56 Å². The molecule has 0 aliphatic rings. The van der Waals surface area contributed by atoms with Crippen molar-refractivity contribution in [2.24, 2.45) is 11.1 Å². The molecule has 18 heavy (non-hydrogen) atoms. The first-order chi connectivity index (χ1) is 8.49. The number of Topliss-reactive ketones (excluding diaryl/α,β-unsaturated/α-hetero) is 1. The van der Waals surface area contributed by atoms with Crippen LogP contribution in [0.25, 0.3) is 0 Å². The third-order valence-electron chi connectivity index (χ3n) is 3.68. The van der Waals surface area contributed by atoms with E-state index in [1.807, 2.05) is 13.8 Å². The van der Waals surface area contributed by atoms with Crippen molar-refractivity contribution in [2.45, 2.75) is 33.1 Å². The van der Waals surface area contributed by atoms with Crippen molar-refractivity contribution >= 4 is 17.4 Å². The fraction of sp³-hybridized carbons (Fsp3) is 0.500. The summed E-state index contributed by atoms with van der Waals surface area (Å²) in [6, 6.07) is 4.38. The second-order valence-corrected chi connectivity index (χ2v) is 4.95. The van der Waals surface area contributed by atoms with E-state index in [-0.39, 0.29) is 17.2 Å². The van der Waals surface area contributed by atoms with Gasteiger partial charge in [-0.3, -0.25) is 4.79 Å². The van der Waals surface area contributed by atoms with Crippen LogP contribution in [0.2, 0.25) is 5.02 Å². The number of hydrogen-bond acceptors (Lipinski definition) is 2. The lowest BCUT2D eigenvalue weighted by atomic mass is 9.76. The summed E-state index contributed by atoms with van der Waals surface area (Å²) >= 11 is 5.70. The highest BCUT2D eigenvalue weighted by Crippen LogP contribution is 2.28. The normalized spacial score (nSPS) is 11.6. The Morgan fingerprint density at radius 1 is 1.39 bits per heavy atom. The van der Waals surface area contributed by atoms with Gasteiger partial charge in [0.1, 0.15) is 11.6 Å². The summed E-state index contributed by atoms with van der Waals surface area (Å²) in [7, 11) is 0. The zero-order chi connectivity index (χ0) is 13.8. The summed E-state index contributed by atoms with van der Waals surface area (Å²) in [5.41, 5.74) is 5.99. The number of hydrogen-bond donors (Lipinski definition) is 1. The lowest BCUT2D eigenvalue weighted by Gasteiger charge is -2.28. The minimum absolute atomic E-state index is 0.0478. The topological polar surface area (TPSA) is 43.1 Å². The summed E-state index contributed by atoms with van der Waals surface area (Å²) in [6.45, 7) is 4.27. The highest BCUT2D eigenvalue weighted by molar-refractivity contribution is 6.30. The Hall–Kier alpha value is -0.930. The predicted octanol–water partition coefficient (Wildman–Crippen LogP) is 3.36. The van der Waals surface area contributed by atoms with Crippen molar-refractivity contribution in [3.8, 4) is 0 Å². The summed E-state index contributed by atoms with van der Waals surface area (Å²) in [4.78, 5) is 12.3. The number of ketones is 1. The van der Waals surface area contributed by atoms with Crippen molar-refractivity contribution in [3.05, 3.63) is 34.6 Å². The Morgan fingerprint density at radius 2 is 2.00 bits per heavy atom. The molecule has 0 fully saturated rings. The first kappa shape index (κ1) is 15.1. The minimum Gasteiger partial charge on any atom is -0.329 e. The maximum Gasteiger partial charge on any atom is 0.144 e. The zero-order valence-electron chi connectivity index (χ0n) is 10.8. The molecule has 2 N–H and O–H groups in total.